The van der Waals surface area contributed by atoms with Gasteiger partial charge in [-0.25, -0.2) is 9.37 Å². The van der Waals surface area contributed by atoms with Crippen molar-refractivity contribution in [2.45, 2.75) is 46.0 Å². The second-order valence-corrected chi connectivity index (χ2v) is 8.98. The third-order valence-electron chi connectivity index (χ3n) is 5.63. The summed E-state index contributed by atoms with van der Waals surface area (Å²) in [5.41, 5.74) is 6.16. The van der Waals surface area contributed by atoms with Crippen molar-refractivity contribution in [1.82, 2.24) is 9.97 Å². The van der Waals surface area contributed by atoms with Gasteiger partial charge < -0.3 is 16.0 Å². The van der Waals surface area contributed by atoms with Crippen LogP contribution in [0.1, 0.15) is 56.3 Å². The van der Waals surface area contributed by atoms with Gasteiger partial charge in [-0.1, -0.05) is 75.2 Å². The van der Waals surface area contributed by atoms with E-state index in [1.54, 1.807) is 18.2 Å². The maximum atomic E-state index is 13.7. The van der Waals surface area contributed by atoms with Gasteiger partial charge in [0.25, 0.3) is 5.91 Å². The maximum absolute atomic E-state index is 13.7. The van der Waals surface area contributed by atoms with Crippen molar-refractivity contribution in [3.05, 3.63) is 51.8 Å². The summed E-state index contributed by atoms with van der Waals surface area (Å²) in [5.74, 6) is 0.729. The molecule has 1 amide bonds. The number of fused-ring (bicyclic) bond motifs is 1. The van der Waals surface area contributed by atoms with Crippen LogP contribution in [-0.4, -0.2) is 15.9 Å². The van der Waals surface area contributed by atoms with Crippen LogP contribution >= 0.6 is 23.2 Å². The zero-order valence-corrected chi connectivity index (χ0v) is 19.2. The molecule has 1 aromatic heterocycles. The standard InChI is InChI=1S/C14H9Cl2FN4O.C9H18/c15-7-2-1-3-8(16)12(7)21-14-19-10-4-6(13(18)22)9(17)5-11(10)20-14;1-8(2)9-6-4-3-5-7-9/h1-5H,(H2,18,22)(H2,19,20,21);8-9H,3-7H2,1-2H3. The number of aromatic nitrogens is 2. The first-order valence-electron chi connectivity index (χ1n) is 10.5. The van der Waals surface area contributed by atoms with Gasteiger partial charge in [-0.2, -0.15) is 0 Å². The van der Waals surface area contributed by atoms with Crippen LogP contribution in [0.25, 0.3) is 11.0 Å². The van der Waals surface area contributed by atoms with E-state index in [4.69, 9.17) is 28.9 Å². The van der Waals surface area contributed by atoms with E-state index in [0.29, 0.717) is 32.7 Å². The molecule has 1 fully saturated rings. The number of benzene rings is 2. The minimum atomic E-state index is -0.856. The van der Waals surface area contributed by atoms with Crippen molar-refractivity contribution in [2.75, 3.05) is 5.32 Å². The number of nitrogens with zero attached hydrogens (tertiary/aromatic N) is 1. The van der Waals surface area contributed by atoms with Crippen molar-refractivity contribution < 1.29 is 9.18 Å². The summed E-state index contributed by atoms with van der Waals surface area (Å²) in [4.78, 5) is 18.2. The third kappa shape index (κ3) is 5.89. The molecule has 166 valence electrons. The summed E-state index contributed by atoms with van der Waals surface area (Å²) in [6.07, 6.45) is 7.46. The number of imidazole rings is 1. The highest BCUT2D eigenvalue weighted by Gasteiger charge is 2.16. The van der Waals surface area contributed by atoms with E-state index < -0.39 is 11.7 Å². The number of carbonyl (C=O) groups is 1. The molecule has 0 radical (unpaired) electrons. The lowest BCUT2D eigenvalue weighted by molar-refractivity contribution is 0.0996. The highest BCUT2D eigenvalue weighted by Crippen LogP contribution is 2.32. The van der Waals surface area contributed by atoms with E-state index in [9.17, 15) is 9.18 Å². The molecule has 1 heterocycles. The van der Waals surface area contributed by atoms with Crippen LogP contribution in [-0.2, 0) is 0 Å². The third-order valence-corrected chi connectivity index (χ3v) is 6.26. The van der Waals surface area contributed by atoms with Crippen molar-refractivity contribution in [3.63, 3.8) is 0 Å². The number of H-pyrrole nitrogens is 1. The topological polar surface area (TPSA) is 83.8 Å². The number of rotatable bonds is 4. The summed E-state index contributed by atoms with van der Waals surface area (Å²) in [7, 11) is 0. The van der Waals surface area contributed by atoms with Gasteiger partial charge in [-0.15, -0.1) is 0 Å². The second kappa shape index (κ2) is 10.3. The first-order chi connectivity index (χ1) is 14.8. The predicted octanol–water partition coefficient (Wildman–Crippen LogP) is 7.07. The van der Waals surface area contributed by atoms with Gasteiger partial charge >= 0.3 is 0 Å². The SMILES string of the molecule is CC(C)C1CCCCC1.NC(=O)c1cc2nc(Nc3c(Cl)cccc3Cl)[nH]c2cc1F. The number of hydrogen-bond acceptors (Lipinski definition) is 3. The molecule has 3 aromatic rings. The first-order valence-corrected chi connectivity index (χ1v) is 11.2. The molecule has 1 aliphatic carbocycles. The zero-order chi connectivity index (χ0) is 22.5. The van der Waals surface area contributed by atoms with E-state index in [-0.39, 0.29) is 5.56 Å². The number of para-hydroxylation sites is 1. The van der Waals surface area contributed by atoms with E-state index in [2.05, 4.69) is 29.1 Å². The molecule has 5 nitrogen and oxygen atoms in total. The fraction of sp³-hybridized carbons (Fsp3) is 0.391. The van der Waals surface area contributed by atoms with Gasteiger partial charge in [0.05, 0.1) is 32.3 Å². The van der Waals surface area contributed by atoms with Crippen LogP contribution in [0.4, 0.5) is 16.0 Å². The molecule has 0 unspecified atom stereocenters. The smallest absolute Gasteiger partial charge is 0.251 e. The lowest BCUT2D eigenvalue weighted by atomic mass is 9.82. The molecule has 4 N–H and O–H groups in total. The van der Waals surface area contributed by atoms with Crippen molar-refractivity contribution in [3.8, 4) is 0 Å². The highest BCUT2D eigenvalue weighted by atomic mass is 35.5. The van der Waals surface area contributed by atoms with E-state index in [1.165, 1.54) is 38.2 Å². The Hall–Kier alpha value is -2.31. The monoisotopic (exact) mass is 464 g/mol. The van der Waals surface area contributed by atoms with E-state index >= 15 is 0 Å². The maximum Gasteiger partial charge on any atom is 0.251 e. The van der Waals surface area contributed by atoms with Crippen molar-refractivity contribution in [2.24, 2.45) is 17.6 Å². The zero-order valence-electron chi connectivity index (χ0n) is 17.6. The van der Waals surface area contributed by atoms with Gasteiger partial charge in [0, 0.05) is 6.07 Å². The van der Waals surface area contributed by atoms with Gasteiger partial charge in [0.1, 0.15) is 5.82 Å². The number of halogens is 3. The summed E-state index contributed by atoms with van der Waals surface area (Å²) < 4.78 is 13.7. The quantitative estimate of drug-likeness (QED) is 0.385. The molecular weight excluding hydrogens is 438 g/mol. The van der Waals surface area contributed by atoms with Crippen LogP contribution < -0.4 is 11.1 Å². The Bertz CT molecular complexity index is 1040. The van der Waals surface area contributed by atoms with Crippen LogP contribution in [0.5, 0.6) is 0 Å². The molecule has 4 rings (SSSR count). The lowest BCUT2D eigenvalue weighted by Crippen LogP contribution is -2.12. The van der Waals surface area contributed by atoms with Crippen LogP contribution in [0.2, 0.25) is 10.0 Å². The largest absolute Gasteiger partial charge is 0.366 e. The fourth-order valence-electron chi connectivity index (χ4n) is 3.81. The van der Waals surface area contributed by atoms with Gasteiger partial charge in [0.15, 0.2) is 0 Å². The number of carbonyl (C=O) groups excluding carboxylic acids is 1. The number of amides is 1. The molecule has 0 spiro atoms. The minimum Gasteiger partial charge on any atom is -0.366 e. The number of nitrogens with two attached hydrogens (primary N) is 1. The summed E-state index contributed by atoms with van der Waals surface area (Å²) in [6.45, 7) is 4.71. The minimum absolute atomic E-state index is 0.221. The average Bonchev–Trinajstić information content (AvgIpc) is 3.12. The Morgan fingerprint density at radius 3 is 2.39 bits per heavy atom. The molecule has 0 bridgehead atoms. The summed E-state index contributed by atoms with van der Waals surface area (Å²) in [5, 5.41) is 3.76. The first kappa shape index (κ1) is 23.4. The van der Waals surface area contributed by atoms with Crippen LogP contribution in [0.3, 0.4) is 0 Å². The molecule has 0 atom stereocenters. The molecule has 0 saturated heterocycles. The fourth-order valence-corrected chi connectivity index (χ4v) is 4.31. The Kier molecular flexibility index (Phi) is 7.79. The number of aromatic amines is 1. The Balaban J connectivity index is 0.000000254. The summed E-state index contributed by atoms with van der Waals surface area (Å²) >= 11 is 12.1. The van der Waals surface area contributed by atoms with E-state index in [0.717, 1.165) is 17.9 Å². The Morgan fingerprint density at radius 2 is 1.84 bits per heavy atom. The second-order valence-electron chi connectivity index (χ2n) is 8.16. The van der Waals surface area contributed by atoms with Gasteiger partial charge in [0.2, 0.25) is 5.95 Å². The van der Waals surface area contributed by atoms with Crippen LogP contribution in [0, 0.1) is 17.7 Å². The van der Waals surface area contributed by atoms with E-state index in [1.807, 2.05) is 0 Å². The Labute approximate surface area is 191 Å². The highest BCUT2D eigenvalue weighted by molar-refractivity contribution is 6.39. The lowest BCUT2D eigenvalue weighted by Gasteiger charge is -2.24. The predicted molar refractivity (Wildman–Crippen MR) is 126 cm³/mol. The molecule has 1 aliphatic rings. The molecule has 8 heteroatoms. The molecular formula is C23H27Cl2FN4O. The van der Waals surface area contributed by atoms with Gasteiger partial charge in [-0.05, 0) is 30.0 Å². The Morgan fingerprint density at radius 1 is 1.19 bits per heavy atom. The van der Waals surface area contributed by atoms with Crippen LogP contribution in [0.15, 0.2) is 30.3 Å². The van der Waals surface area contributed by atoms with Gasteiger partial charge in [-0.3, -0.25) is 4.79 Å². The number of hydrogen-bond donors (Lipinski definition) is 3. The molecule has 1 saturated carbocycles. The summed E-state index contributed by atoms with van der Waals surface area (Å²) in [6, 6.07) is 7.49. The van der Waals surface area contributed by atoms with Crippen molar-refractivity contribution >= 4 is 51.8 Å². The molecule has 31 heavy (non-hydrogen) atoms. The normalized spacial score (nSPS) is 14.4. The molecule has 2 aromatic carbocycles. The molecule has 0 aliphatic heterocycles. The number of anilines is 2. The number of primary amides is 1. The average molecular weight is 465 g/mol. The number of nitrogens with one attached hydrogen (secondary N) is 2. The van der Waals surface area contributed by atoms with Crippen molar-refractivity contribution in [1.29, 1.82) is 0 Å².